The summed E-state index contributed by atoms with van der Waals surface area (Å²) in [5.41, 5.74) is 0.723. The third kappa shape index (κ3) is 6.85. The second-order valence-electron chi connectivity index (χ2n) is 7.33. The van der Waals surface area contributed by atoms with Crippen LogP contribution in [0.5, 0.6) is 5.75 Å². The Hall–Kier alpha value is -2.81. The fraction of sp³-hybridized carbons (Fsp3) is 0.455. The quantitative estimate of drug-likeness (QED) is 0.454. The van der Waals surface area contributed by atoms with Gasteiger partial charge in [0.2, 0.25) is 11.8 Å². The first kappa shape index (κ1) is 22.9. The lowest BCUT2D eigenvalue weighted by Gasteiger charge is -2.32. The van der Waals surface area contributed by atoms with Gasteiger partial charge in [-0.1, -0.05) is 18.7 Å². The number of amides is 2. The van der Waals surface area contributed by atoms with Crippen molar-refractivity contribution in [2.45, 2.75) is 31.2 Å². The van der Waals surface area contributed by atoms with Crippen LogP contribution in [0.2, 0.25) is 0 Å². The third-order valence-corrected chi connectivity index (χ3v) is 6.02. The zero-order valence-electron chi connectivity index (χ0n) is 18.0. The molecule has 1 fully saturated rings. The molecule has 2 N–H and O–H groups in total. The minimum atomic E-state index is -0.103. The molecular weight excluding hydrogens is 414 g/mol. The molecular formula is C22H29N5O3S. The van der Waals surface area contributed by atoms with Crippen molar-refractivity contribution in [1.82, 2.24) is 15.3 Å². The Morgan fingerprint density at radius 2 is 1.94 bits per heavy atom. The molecule has 3 rings (SSSR count). The van der Waals surface area contributed by atoms with E-state index in [9.17, 15) is 9.59 Å². The second-order valence-corrected chi connectivity index (χ2v) is 8.33. The molecule has 0 atom stereocenters. The summed E-state index contributed by atoms with van der Waals surface area (Å²) in [7, 11) is 1.60. The van der Waals surface area contributed by atoms with E-state index in [2.05, 4.69) is 32.4 Å². The number of hydrogen-bond donors (Lipinski definition) is 2. The molecule has 2 amide bonds. The molecule has 0 aliphatic carbocycles. The Bertz CT molecular complexity index is 870. The molecule has 8 nitrogen and oxygen atoms in total. The number of piperidine rings is 1. The van der Waals surface area contributed by atoms with E-state index in [0.29, 0.717) is 0 Å². The van der Waals surface area contributed by atoms with E-state index in [0.717, 1.165) is 61.2 Å². The maximum atomic E-state index is 12.2. The average Bonchev–Trinajstić information content (AvgIpc) is 2.82. The van der Waals surface area contributed by atoms with E-state index in [-0.39, 0.29) is 23.5 Å². The van der Waals surface area contributed by atoms with E-state index in [1.54, 1.807) is 31.4 Å². The number of hydrogen-bond acceptors (Lipinski definition) is 7. The van der Waals surface area contributed by atoms with Crippen LogP contribution in [0.1, 0.15) is 26.2 Å². The molecule has 31 heavy (non-hydrogen) atoms. The van der Waals surface area contributed by atoms with E-state index in [1.807, 2.05) is 6.07 Å². The van der Waals surface area contributed by atoms with Crippen LogP contribution in [0.25, 0.3) is 0 Å². The van der Waals surface area contributed by atoms with Gasteiger partial charge in [-0.15, -0.1) is 0 Å². The van der Waals surface area contributed by atoms with Gasteiger partial charge in [-0.25, -0.2) is 9.97 Å². The van der Waals surface area contributed by atoms with Gasteiger partial charge in [-0.2, -0.15) is 0 Å². The standard InChI is InChI=1S/C22H29N5O3S/c1-3-10-23-22(29)16-8-11-27(12-9-16)19-13-21(25-15-24-19)31-14-20(28)26-17-4-6-18(30-2)7-5-17/h4-7,13,15-16H,3,8-12,14H2,1-2H3,(H,23,29)(H,26,28). The molecule has 2 heterocycles. The summed E-state index contributed by atoms with van der Waals surface area (Å²) >= 11 is 1.37. The molecule has 0 bridgehead atoms. The average molecular weight is 444 g/mol. The summed E-state index contributed by atoms with van der Waals surface area (Å²) in [5.74, 6) is 1.95. The molecule has 0 unspecified atom stereocenters. The first-order valence-corrected chi connectivity index (χ1v) is 11.5. The SMILES string of the molecule is CCCNC(=O)C1CCN(c2cc(SCC(=O)Nc3ccc(OC)cc3)ncn2)CC1. The van der Waals surface area contributed by atoms with Crippen LogP contribution >= 0.6 is 11.8 Å². The number of methoxy groups -OCH3 is 1. The fourth-order valence-electron chi connectivity index (χ4n) is 3.36. The van der Waals surface area contributed by atoms with E-state index >= 15 is 0 Å². The number of nitrogens with zero attached hydrogens (tertiary/aromatic N) is 3. The summed E-state index contributed by atoms with van der Waals surface area (Å²) in [6.07, 6.45) is 4.10. The van der Waals surface area contributed by atoms with E-state index < -0.39 is 0 Å². The molecule has 1 aliphatic rings. The summed E-state index contributed by atoms with van der Waals surface area (Å²) in [6.45, 7) is 4.35. The van der Waals surface area contributed by atoms with Gasteiger partial charge in [0.15, 0.2) is 0 Å². The highest BCUT2D eigenvalue weighted by Crippen LogP contribution is 2.25. The van der Waals surface area contributed by atoms with Crippen LogP contribution in [-0.2, 0) is 9.59 Å². The predicted octanol–water partition coefficient (Wildman–Crippen LogP) is 2.96. The van der Waals surface area contributed by atoms with Gasteiger partial charge in [-0.3, -0.25) is 9.59 Å². The zero-order chi connectivity index (χ0) is 22.1. The van der Waals surface area contributed by atoms with Gasteiger partial charge in [0.25, 0.3) is 0 Å². The predicted molar refractivity (Wildman–Crippen MR) is 123 cm³/mol. The minimum Gasteiger partial charge on any atom is -0.497 e. The highest BCUT2D eigenvalue weighted by Gasteiger charge is 2.25. The Morgan fingerprint density at radius 1 is 1.19 bits per heavy atom. The maximum absolute atomic E-state index is 12.2. The number of thioether (sulfide) groups is 1. The number of carbonyl (C=O) groups excluding carboxylic acids is 2. The lowest BCUT2D eigenvalue weighted by Crippen LogP contribution is -2.41. The largest absolute Gasteiger partial charge is 0.497 e. The Morgan fingerprint density at radius 3 is 2.61 bits per heavy atom. The van der Waals surface area contributed by atoms with Crippen molar-refractivity contribution in [3.8, 4) is 5.75 Å². The summed E-state index contributed by atoms with van der Waals surface area (Å²) < 4.78 is 5.12. The van der Waals surface area contributed by atoms with Crippen molar-refractivity contribution in [3.05, 3.63) is 36.7 Å². The zero-order valence-corrected chi connectivity index (χ0v) is 18.8. The van der Waals surface area contributed by atoms with Crippen molar-refractivity contribution in [2.75, 3.05) is 42.7 Å². The van der Waals surface area contributed by atoms with Crippen LogP contribution in [0.4, 0.5) is 11.5 Å². The van der Waals surface area contributed by atoms with E-state index in [1.165, 1.54) is 18.1 Å². The maximum Gasteiger partial charge on any atom is 0.234 e. The molecule has 1 aromatic carbocycles. The highest BCUT2D eigenvalue weighted by molar-refractivity contribution is 7.99. The molecule has 1 aliphatic heterocycles. The van der Waals surface area contributed by atoms with Crippen LogP contribution < -0.4 is 20.3 Å². The minimum absolute atomic E-state index is 0.0696. The van der Waals surface area contributed by atoms with Crippen LogP contribution in [0, 0.1) is 5.92 Å². The Kier molecular flexibility index (Phi) is 8.52. The van der Waals surface area contributed by atoms with Gasteiger partial charge in [0.1, 0.15) is 22.9 Å². The molecule has 1 saturated heterocycles. The van der Waals surface area contributed by atoms with Crippen LogP contribution in [-0.4, -0.2) is 54.3 Å². The lowest BCUT2D eigenvalue weighted by molar-refractivity contribution is -0.125. The van der Waals surface area contributed by atoms with Crippen molar-refractivity contribution < 1.29 is 14.3 Å². The smallest absolute Gasteiger partial charge is 0.234 e. The van der Waals surface area contributed by atoms with Crippen molar-refractivity contribution in [2.24, 2.45) is 5.92 Å². The molecule has 9 heteroatoms. The number of ether oxygens (including phenoxy) is 1. The van der Waals surface area contributed by atoms with Crippen molar-refractivity contribution in [1.29, 1.82) is 0 Å². The lowest BCUT2D eigenvalue weighted by atomic mass is 9.96. The topological polar surface area (TPSA) is 96.5 Å². The number of benzene rings is 1. The highest BCUT2D eigenvalue weighted by atomic mass is 32.2. The second kappa shape index (κ2) is 11.5. The van der Waals surface area contributed by atoms with Crippen molar-refractivity contribution >= 4 is 35.1 Å². The number of aromatic nitrogens is 2. The Labute approximate surface area is 187 Å². The van der Waals surface area contributed by atoms with Gasteiger partial charge in [0.05, 0.1) is 12.9 Å². The molecule has 1 aromatic heterocycles. The summed E-state index contributed by atoms with van der Waals surface area (Å²) in [6, 6.07) is 9.11. The first-order valence-electron chi connectivity index (χ1n) is 10.5. The molecule has 0 radical (unpaired) electrons. The van der Waals surface area contributed by atoms with Gasteiger partial charge < -0.3 is 20.3 Å². The normalized spacial score (nSPS) is 14.2. The Balaban J connectivity index is 1.47. The van der Waals surface area contributed by atoms with E-state index in [4.69, 9.17) is 4.74 Å². The van der Waals surface area contributed by atoms with Gasteiger partial charge in [-0.05, 0) is 43.5 Å². The van der Waals surface area contributed by atoms with Crippen molar-refractivity contribution in [3.63, 3.8) is 0 Å². The number of anilines is 2. The first-order chi connectivity index (χ1) is 15.1. The number of nitrogens with one attached hydrogen (secondary N) is 2. The summed E-state index contributed by atoms with van der Waals surface area (Å²) in [5, 5.41) is 6.60. The van der Waals surface area contributed by atoms with Crippen LogP contribution in [0.3, 0.4) is 0 Å². The third-order valence-electron chi connectivity index (χ3n) is 5.09. The van der Waals surface area contributed by atoms with Gasteiger partial charge >= 0.3 is 0 Å². The molecule has 166 valence electrons. The molecule has 0 saturated carbocycles. The summed E-state index contributed by atoms with van der Waals surface area (Å²) in [4.78, 5) is 35.2. The number of carbonyl (C=O) groups is 2. The fourth-order valence-corrected chi connectivity index (χ4v) is 4.02. The number of rotatable bonds is 9. The van der Waals surface area contributed by atoms with Gasteiger partial charge in [0, 0.05) is 37.3 Å². The molecule has 0 spiro atoms. The molecule has 2 aromatic rings. The van der Waals surface area contributed by atoms with Crippen LogP contribution in [0.15, 0.2) is 41.7 Å². The monoisotopic (exact) mass is 443 g/mol.